The highest BCUT2D eigenvalue weighted by molar-refractivity contribution is 5.67. The molecule has 3 nitrogen and oxygen atoms in total. The van der Waals surface area contributed by atoms with Gasteiger partial charge in [-0.3, -0.25) is 4.79 Å². The summed E-state index contributed by atoms with van der Waals surface area (Å²) in [6, 6.07) is 0. The third-order valence-electron chi connectivity index (χ3n) is 3.25. The van der Waals surface area contributed by atoms with E-state index in [0.717, 1.165) is 44.9 Å². The number of carbonyl (C=O) groups is 1. The van der Waals surface area contributed by atoms with Gasteiger partial charge >= 0.3 is 5.97 Å². The minimum absolute atomic E-state index is 0.0567. The molecule has 0 saturated carbocycles. The summed E-state index contributed by atoms with van der Waals surface area (Å²) < 4.78 is 0. The lowest BCUT2D eigenvalue weighted by molar-refractivity contribution is -0.136. The van der Waals surface area contributed by atoms with E-state index >= 15 is 0 Å². The number of carboxylic acid groups (broad SMARTS) is 1. The predicted octanol–water partition coefficient (Wildman–Crippen LogP) is 3.92. The molecule has 0 heterocycles. The van der Waals surface area contributed by atoms with Crippen molar-refractivity contribution in [2.75, 3.05) is 0 Å². The zero-order valence-corrected chi connectivity index (χ0v) is 15.6. The van der Waals surface area contributed by atoms with Gasteiger partial charge in [-0.25, -0.2) is 0 Å². The molecule has 0 fully saturated rings. The molecule has 0 aliphatic rings. The molecule has 0 aliphatic carbocycles. The molecule has 0 bridgehead atoms. The van der Waals surface area contributed by atoms with Gasteiger partial charge < -0.3 is 10.2 Å². The van der Waals surface area contributed by atoms with Crippen molar-refractivity contribution in [3.63, 3.8) is 0 Å². The Morgan fingerprint density at radius 2 is 1.73 bits per heavy atom. The van der Waals surface area contributed by atoms with Crippen LogP contribution >= 0.6 is 0 Å². The van der Waals surface area contributed by atoms with Gasteiger partial charge in [-0.1, -0.05) is 49.5 Å². The Bertz CT molecular complexity index is 657. The lowest BCUT2D eigenvalue weighted by Gasteiger charge is -2.02. The fourth-order valence-electron chi connectivity index (χ4n) is 1.87. The average Bonchev–Trinajstić information content (AvgIpc) is 2.61. The van der Waals surface area contributed by atoms with Crippen molar-refractivity contribution < 1.29 is 15.0 Å². The van der Waals surface area contributed by atoms with Crippen LogP contribution < -0.4 is 0 Å². The van der Waals surface area contributed by atoms with Crippen molar-refractivity contribution in [2.45, 2.75) is 77.2 Å². The second kappa shape index (κ2) is 18.7. The number of hydrogen-bond acceptors (Lipinski definition) is 2. The van der Waals surface area contributed by atoms with Gasteiger partial charge in [-0.2, -0.15) is 0 Å². The third-order valence-corrected chi connectivity index (χ3v) is 3.25. The van der Waals surface area contributed by atoms with Gasteiger partial charge in [0.25, 0.3) is 0 Å². The molecular formula is C23H28O3. The maximum Gasteiger partial charge on any atom is 0.304 e. The number of allylic oxidation sites excluding steroid dienone is 2. The molecule has 0 aliphatic heterocycles. The van der Waals surface area contributed by atoms with E-state index in [9.17, 15) is 9.90 Å². The van der Waals surface area contributed by atoms with Crippen molar-refractivity contribution >= 4 is 5.97 Å². The van der Waals surface area contributed by atoms with Crippen molar-refractivity contribution in [2.24, 2.45) is 0 Å². The Morgan fingerprint density at radius 3 is 2.50 bits per heavy atom. The second-order valence-electron chi connectivity index (χ2n) is 5.70. The summed E-state index contributed by atoms with van der Waals surface area (Å²) in [5, 5.41) is 18.1. The van der Waals surface area contributed by atoms with E-state index in [4.69, 9.17) is 5.11 Å². The smallest absolute Gasteiger partial charge is 0.304 e. The van der Waals surface area contributed by atoms with Gasteiger partial charge in [0.2, 0.25) is 0 Å². The minimum Gasteiger partial charge on any atom is -0.481 e. The maximum atomic E-state index is 10.3. The number of hydrogen-bond donors (Lipinski definition) is 2. The minimum atomic E-state index is -0.841. The Kier molecular flexibility index (Phi) is 16.9. The molecule has 0 saturated heterocycles. The van der Waals surface area contributed by atoms with Crippen molar-refractivity contribution in [1.82, 2.24) is 0 Å². The molecule has 0 spiro atoms. The van der Waals surface area contributed by atoms with E-state index < -0.39 is 12.1 Å². The number of aliphatic hydroxyl groups is 1. The van der Waals surface area contributed by atoms with E-state index in [-0.39, 0.29) is 6.42 Å². The third kappa shape index (κ3) is 19.5. The van der Waals surface area contributed by atoms with Gasteiger partial charge in [0.1, 0.15) is 6.10 Å². The standard InChI is InChI=1S/C23H28O3/c1-2-3-4-13-16-19-22(24)20-17-14-11-9-7-5-6-8-10-12-15-18-21-23(25)26/h5-6,22,24H,2-3,7,9,11,14,17-18,20-21H2,1H3,(H,25,26). The largest absolute Gasteiger partial charge is 0.481 e. The Labute approximate surface area is 158 Å². The average molecular weight is 352 g/mol. The molecule has 1 atom stereocenters. The zero-order chi connectivity index (χ0) is 19.3. The predicted molar refractivity (Wildman–Crippen MR) is 106 cm³/mol. The highest BCUT2D eigenvalue weighted by Gasteiger charge is 1.98. The lowest BCUT2D eigenvalue weighted by atomic mass is 10.1. The van der Waals surface area contributed by atoms with Crippen LogP contribution in [-0.2, 0) is 4.79 Å². The summed E-state index contributed by atoms with van der Waals surface area (Å²) in [6.45, 7) is 2.07. The molecule has 2 N–H and O–H groups in total. The Hall–Kier alpha value is -2.59. The molecule has 138 valence electrons. The number of rotatable bonds is 10. The fourth-order valence-corrected chi connectivity index (χ4v) is 1.87. The first kappa shape index (κ1) is 23.4. The molecule has 3 heteroatoms. The summed E-state index contributed by atoms with van der Waals surface area (Å²) in [5.41, 5.74) is 0. The second-order valence-corrected chi connectivity index (χ2v) is 5.70. The van der Waals surface area contributed by atoms with Crippen LogP contribution in [0.4, 0.5) is 0 Å². The molecular weight excluding hydrogens is 324 g/mol. The van der Waals surface area contributed by atoms with Gasteiger partial charge in [0.05, 0.1) is 6.42 Å². The summed E-state index contributed by atoms with van der Waals surface area (Å²) in [5.74, 6) is 21.1. The maximum absolute atomic E-state index is 10.3. The Balaban J connectivity index is 3.62. The van der Waals surface area contributed by atoms with Crippen molar-refractivity contribution in [3.8, 4) is 47.4 Å². The fraction of sp³-hybridized carbons (Fsp3) is 0.522. The monoisotopic (exact) mass is 352 g/mol. The Morgan fingerprint density at radius 1 is 1.00 bits per heavy atom. The SMILES string of the molecule is CCCC#CC#CC(O)CCCCCCC=CC#CC#CCCC(=O)O. The van der Waals surface area contributed by atoms with Crippen LogP contribution in [0.1, 0.15) is 71.1 Å². The van der Waals surface area contributed by atoms with Crippen LogP contribution in [0.25, 0.3) is 0 Å². The van der Waals surface area contributed by atoms with E-state index in [0.29, 0.717) is 12.8 Å². The number of carboxylic acids is 1. The van der Waals surface area contributed by atoms with Crippen LogP contribution in [0, 0.1) is 47.4 Å². The van der Waals surface area contributed by atoms with Crippen LogP contribution in [0.3, 0.4) is 0 Å². The van der Waals surface area contributed by atoms with Crippen molar-refractivity contribution in [3.05, 3.63) is 12.2 Å². The van der Waals surface area contributed by atoms with Gasteiger partial charge in [-0.05, 0) is 61.9 Å². The molecule has 0 amide bonds. The number of unbranched alkanes of at least 4 members (excludes halogenated alkanes) is 5. The molecule has 0 rings (SSSR count). The van der Waals surface area contributed by atoms with Gasteiger partial charge in [0, 0.05) is 12.8 Å². The number of aliphatic carboxylic acids is 1. The summed E-state index contributed by atoms with van der Waals surface area (Å²) in [7, 11) is 0. The van der Waals surface area contributed by atoms with Gasteiger partial charge in [0.15, 0.2) is 0 Å². The van der Waals surface area contributed by atoms with Crippen LogP contribution in [0.15, 0.2) is 12.2 Å². The first-order chi connectivity index (χ1) is 12.7. The van der Waals surface area contributed by atoms with Crippen LogP contribution in [-0.4, -0.2) is 22.3 Å². The summed E-state index contributed by atoms with van der Waals surface area (Å²) in [4.78, 5) is 10.3. The number of aliphatic hydroxyl groups excluding tert-OH is 1. The highest BCUT2D eigenvalue weighted by atomic mass is 16.4. The van der Waals surface area contributed by atoms with E-state index in [2.05, 4.69) is 54.3 Å². The van der Waals surface area contributed by atoms with Gasteiger partial charge in [-0.15, -0.1) is 0 Å². The molecule has 0 aromatic heterocycles. The van der Waals surface area contributed by atoms with E-state index in [1.807, 2.05) is 6.08 Å². The summed E-state index contributed by atoms with van der Waals surface area (Å²) in [6.07, 6.45) is 11.4. The summed E-state index contributed by atoms with van der Waals surface area (Å²) >= 11 is 0. The first-order valence-electron chi connectivity index (χ1n) is 9.18. The highest BCUT2D eigenvalue weighted by Crippen LogP contribution is 2.07. The lowest BCUT2D eigenvalue weighted by Crippen LogP contribution is -2.01. The van der Waals surface area contributed by atoms with Crippen molar-refractivity contribution in [1.29, 1.82) is 0 Å². The molecule has 0 aromatic carbocycles. The van der Waals surface area contributed by atoms with Crippen LogP contribution in [0.2, 0.25) is 0 Å². The quantitative estimate of drug-likeness (QED) is 0.463. The topological polar surface area (TPSA) is 57.5 Å². The van der Waals surface area contributed by atoms with E-state index in [1.54, 1.807) is 6.08 Å². The first-order valence-corrected chi connectivity index (χ1v) is 9.18. The molecule has 0 radical (unpaired) electrons. The van der Waals surface area contributed by atoms with Crippen LogP contribution in [0.5, 0.6) is 0 Å². The molecule has 0 aromatic rings. The normalized spacial score (nSPS) is 10.2. The molecule has 26 heavy (non-hydrogen) atoms. The zero-order valence-electron chi connectivity index (χ0n) is 15.6. The molecule has 1 unspecified atom stereocenters. The van der Waals surface area contributed by atoms with E-state index in [1.165, 1.54) is 0 Å².